The highest BCUT2D eigenvalue weighted by Gasteiger charge is 2.17. The van der Waals surface area contributed by atoms with Gasteiger partial charge in [-0.15, -0.1) is 10.2 Å². The highest BCUT2D eigenvalue weighted by molar-refractivity contribution is 5.37. The van der Waals surface area contributed by atoms with Gasteiger partial charge in [0.15, 0.2) is 5.65 Å². The van der Waals surface area contributed by atoms with Gasteiger partial charge in [-0.25, -0.2) is 4.39 Å². The maximum atomic E-state index is 13.1. The van der Waals surface area contributed by atoms with Crippen molar-refractivity contribution in [1.82, 2.24) is 19.9 Å². The second-order valence-electron chi connectivity index (χ2n) is 4.25. The first-order valence-corrected chi connectivity index (χ1v) is 5.53. The molecular weight excluding hydrogens is 207 g/mol. The van der Waals surface area contributed by atoms with Crippen molar-refractivity contribution in [3.63, 3.8) is 0 Å². The SMILES string of the molecule is Fc1ccc2nnc(CC3CCNC3)n2c1. The van der Waals surface area contributed by atoms with Crippen molar-refractivity contribution in [2.24, 2.45) is 5.92 Å². The zero-order valence-corrected chi connectivity index (χ0v) is 8.86. The average molecular weight is 220 g/mol. The van der Waals surface area contributed by atoms with Crippen LogP contribution in [0.5, 0.6) is 0 Å². The molecule has 2 aromatic rings. The standard InChI is InChI=1S/C11H13FN4/c12-9-1-2-10-14-15-11(16(10)7-9)5-8-3-4-13-6-8/h1-2,7-8,13H,3-6H2. The van der Waals surface area contributed by atoms with Gasteiger partial charge < -0.3 is 5.32 Å². The van der Waals surface area contributed by atoms with Crippen molar-refractivity contribution in [1.29, 1.82) is 0 Å². The number of hydrogen-bond donors (Lipinski definition) is 1. The Balaban J connectivity index is 1.93. The lowest BCUT2D eigenvalue weighted by atomic mass is 10.1. The van der Waals surface area contributed by atoms with Crippen molar-refractivity contribution in [3.8, 4) is 0 Å². The van der Waals surface area contributed by atoms with Gasteiger partial charge >= 0.3 is 0 Å². The van der Waals surface area contributed by atoms with Crippen LogP contribution >= 0.6 is 0 Å². The average Bonchev–Trinajstić information content (AvgIpc) is 2.90. The van der Waals surface area contributed by atoms with Gasteiger partial charge in [-0.05, 0) is 37.6 Å². The highest BCUT2D eigenvalue weighted by Crippen LogP contribution is 2.15. The summed E-state index contributed by atoms with van der Waals surface area (Å²) in [4.78, 5) is 0. The van der Waals surface area contributed by atoms with Crippen LogP contribution in [-0.4, -0.2) is 27.7 Å². The summed E-state index contributed by atoms with van der Waals surface area (Å²) in [6, 6.07) is 3.06. The van der Waals surface area contributed by atoms with Gasteiger partial charge in [-0.2, -0.15) is 0 Å². The van der Waals surface area contributed by atoms with Crippen LogP contribution in [0.15, 0.2) is 18.3 Å². The molecule has 16 heavy (non-hydrogen) atoms. The summed E-state index contributed by atoms with van der Waals surface area (Å²) in [6.45, 7) is 2.08. The molecule has 3 heterocycles. The molecule has 1 saturated heterocycles. The summed E-state index contributed by atoms with van der Waals surface area (Å²) in [6.07, 6.45) is 3.47. The molecule has 1 N–H and O–H groups in total. The van der Waals surface area contributed by atoms with E-state index in [9.17, 15) is 4.39 Å². The van der Waals surface area contributed by atoms with E-state index in [1.807, 2.05) is 0 Å². The number of hydrogen-bond acceptors (Lipinski definition) is 3. The summed E-state index contributed by atoms with van der Waals surface area (Å²) >= 11 is 0. The van der Waals surface area contributed by atoms with Crippen LogP contribution in [-0.2, 0) is 6.42 Å². The number of fused-ring (bicyclic) bond motifs is 1. The van der Waals surface area contributed by atoms with Gasteiger partial charge in [0.25, 0.3) is 0 Å². The number of rotatable bonds is 2. The van der Waals surface area contributed by atoms with Crippen LogP contribution < -0.4 is 5.32 Å². The Morgan fingerprint density at radius 2 is 2.38 bits per heavy atom. The molecule has 0 bridgehead atoms. The van der Waals surface area contributed by atoms with E-state index in [1.165, 1.54) is 12.3 Å². The molecule has 3 rings (SSSR count). The Kier molecular flexibility index (Phi) is 2.32. The molecule has 0 saturated carbocycles. The largest absolute Gasteiger partial charge is 0.316 e. The fourth-order valence-corrected chi connectivity index (χ4v) is 2.20. The van der Waals surface area contributed by atoms with Gasteiger partial charge in [0.2, 0.25) is 0 Å². The maximum absolute atomic E-state index is 13.1. The quantitative estimate of drug-likeness (QED) is 0.821. The van der Waals surface area contributed by atoms with Crippen molar-refractivity contribution < 1.29 is 4.39 Å². The molecule has 1 unspecified atom stereocenters. The summed E-state index contributed by atoms with van der Waals surface area (Å²) < 4.78 is 14.9. The van der Waals surface area contributed by atoms with Crippen LogP contribution in [0, 0.1) is 11.7 Å². The smallest absolute Gasteiger partial charge is 0.160 e. The van der Waals surface area contributed by atoms with E-state index in [1.54, 1.807) is 10.5 Å². The summed E-state index contributed by atoms with van der Waals surface area (Å²) in [5, 5.41) is 11.5. The molecule has 5 heteroatoms. The Labute approximate surface area is 92.5 Å². The van der Waals surface area contributed by atoms with Crippen LogP contribution in [0.2, 0.25) is 0 Å². The van der Waals surface area contributed by atoms with E-state index >= 15 is 0 Å². The van der Waals surface area contributed by atoms with Crippen LogP contribution in [0.3, 0.4) is 0 Å². The molecule has 0 spiro atoms. The molecule has 4 nitrogen and oxygen atoms in total. The molecule has 1 atom stereocenters. The van der Waals surface area contributed by atoms with E-state index in [-0.39, 0.29) is 5.82 Å². The summed E-state index contributed by atoms with van der Waals surface area (Å²) in [5.74, 6) is 1.19. The summed E-state index contributed by atoms with van der Waals surface area (Å²) in [7, 11) is 0. The Morgan fingerprint density at radius 1 is 1.44 bits per heavy atom. The number of pyridine rings is 1. The van der Waals surface area contributed by atoms with Gasteiger partial charge in [0.1, 0.15) is 11.6 Å². The third-order valence-corrected chi connectivity index (χ3v) is 3.07. The molecular formula is C11H13FN4. The first kappa shape index (κ1) is 9.72. The summed E-state index contributed by atoms with van der Waals surface area (Å²) in [5.41, 5.74) is 0.711. The van der Waals surface area contributed by atoms with Crippen molar-refractivity contribution in [3.05, 3.63) is 30.0 Å². The lowest BCUT2D eigenvalue weighted by Gasteiger charge is -2.05. The molecule has 0 aliphatic carbocycles. The Bertz CT molecular complexity index is 502. The minimum Gasteiger partial charge on any atom is -0.316 e. The lowest BCUT2D eigenvalue weighted by Crippen LogP contribution is -2.12. The minimum atomic E-state index is -0.252. The molecule has 1 aliphatic heterocycles. The number of aromatic nitrogens is 3. The lowest BCUT2D eigenvalue weighted by molar-refractivity contribution is 0.555. The minimum absolute atomic E-state index is 0.252. The fraction of sp³-hybridized carbons (Fsp3) is 0.455. The van der Waals surface area contributed by atoms with Gasteiger partial charge in [-0.1, -0.05) is 0 Å². The zero-order valence-electron chi connectivity index (χ0n) is 8.86. The van der Waals surface area contributed by atoms with Crippen LogP contribution in [0.4, 0.5) is 4.39 Å². The van der Waals surface area contributed by atoms with E-state index in [0.29, 0.717) is 11.6 Å². The van der Waals surface area contributed by atoms with E-state index in [2.05, 4.69) is 15.5 Å². The van der Waals surface area contributed by atoms with Gasteiger partial charge in [-0.3, -0.25) is 4.40 Å². The number of halogens is 1. The first-order chi connectivity index (χ1) is 7.83. The molecule has 2 aromatic heterocycles. The normalized spacial score (nSPS) is 20.7. The monoisotopic (exact) mass is 220 g/mol. The Morgan fingerprint density at radius 3 is 3.19 bits per heavy atom. The van der Waals surface area contributed by atoms with Crippen LogP contribution in [0.1, 0.15) is 12.2 Å². The topological polar surface area (TPSA) is 42.2 Å². The highest BCUT2D eigenvalue weighted by atomic mass is 19.1. The van der Waals surface area contributed by atoms with E-state index < -0.39 is 0 Å². The van der Waals surface area contributed by atoms with Crippen molar-refractivity contribution in [2.45, 2.75) is 12.8 Å². The Hall–Kier alpha value is -1.49. The molecule has 84 valence electrons. The molecule has 0 radical (unpaired) electrons. The van der Waals surface area contributed by atoms with Crippen molar-refractivity contribution >= 4 is 5.65 Å². The predicted molar refractivity (Wildman–Crippen MR) is 57.6 cm³/mol. The molecule has 0 amide bonds. The van der Waals surface area contributed by atoms with Gasteiger partial charge in [0.05, 0.1) is 0 Å². The number of nitrogens with one attached hydrogen (secondary N) is 1. The molecule has 1 aliphatic rings. The van der Waals surface area contributed by atoms with Crippen molar-refractivity contribution in [2.75, 3.05) is 13.1 Å². The second-order valence-corrected chi connectivity index (χ2v) is 4.25. The third-order valence-electron chi connectivity index (χ3n) is 3.07. The maximum Gasteiger partial charge on any atom is 0.160 e. The fourth-order valence-electron chi connectivity index (χ4n) is 2.20. The molecule has 0 aromatic carbocycles. The van der Waals surface area contributed by atoms with E-state index in [0.717, 1.165) is 31.8 Å². The second kappa shape index (κ2) is 3.83. The van der Waals surface area contributed by atoms with Crippen LogP contribution in [0.25, 0.3) is 5.65 Å². The first-order valence-electron chi connectivity index (χ1n) is 5.53. The predicted octanol–water partition coefficient (Wildman–Crippen LogP) is 1.02. The third kappa shape index (κ3) is 1.67. The van der Waals surface area contributed by atoms with E-state index in [4.69, 9.17) is 0 Å². The van der Waals surface area contributed by atoms with Gasteiger partial charge in [0, 0.05) is 12.6 Å². The molecule has 1 fully saturated rings. The number of nitrogens with zero attached hydrogens (tertiary/aromatic N) is 3. The zero-order chi connectivity index (χ0) is 11.0.